The normalized spacial score (nSPS) is 12.1. The molecule has 2 heterocycles. The summed E-state index contributed by atoms with van der Waals surface area (Å²) < 4.78 is 13.7. The first-order valence-electron chi connectivity index (χ1n) is 20.1. The van der Waals surface area contributed by atoms with Crippen molar-refractivity contribution in [3.63, 3.8) is 0 Å². The van der Waals surface area contributed by atoms with E-state index in [0.717, 1.165) is 90.1 Å². The second-order valence-corrected chi connectivity index (χ2v) is 16.6. The van der Waals surface area contributed by atoms with Crippen molar-refractivity contribution in [2.45, 2.75) is 55.4 Å². The molecule has 10 rings (SSSR count). The van der Waals surface area contributed by atoms with Crippen LogP contribution in [0.15, 0.2) is 133 Å². The van der Waals surface area contributed by atoms with Gasteiger partial charge in [0.1, 0.15) is 23.0 Å². The molecular formula is C54H46N2O2. The number of nitrogens with zero attached hydrogens (tertiary/aromatic N) is 2. The SMILES string of the molecule is Cc1cc(C)cc(N(c2cc(C)cc(C)c2)c2ccc3c(c2)Oc2ccc4c5c(ccc-3c25)-c2ccc(N(c3cc(C)cc(C)c3)c3cc(C)cc(C)c3)cc2O4)c1. The van der Waals surface area contributed by atoms with E-state index >= 15 is 0 Å². The van der Waals surface area contributed by atoms with Crippen LogP contribution >= 0.6 is 0 Å². The molecule has 0 fully saturated rings. The first-order valence-corrected chi connectivity index (χ1v) is 20.1. The number of benzene rings is 8. The zero-order valence-corrected chi connectivity index (χ0v) is 34.4. The van der Waals surface area contributed by atoms with E-state index in [-0.39, 0.29) is 0 Å². The summed E-state index contributed by atoms with van der Waals surface area (Å²) in [5, 5.41) is 2.16. The summed E-state index contributed by atoms with van der Waals surface area (Å²) in [5.41, 5.74) is 20.9. The summed E-state index contributed by atoms with van der Waals surface area (Å²) in [6, 6.07) is 48.9. The predicted molar refractivity (Wildman–Crippen MR) is 242 cm³/mol. The molecule has 0 saturated heterocycles. The Morgan fingerprint density at radius 1 is 0.259 bits per heavy atom. The van der Waals surface area contributed by atoms with E-state index in [1.54, 1.807) is 0 Å². The zero-order valence-electron chi connectivity index (χ0n) is 34.4. The van der Waals surface area contributed by atoms with Crippen molar-refractivity contribution in [2.24, 2.45) is 0 Å². The van der Waals surface area contributed by atoms with Crippen molar-refractivity contribution < 1.29 is 9.47 Å². The maximum Gasteiger partial charge on any atom is 0.137 e. The molecule has 0 saturated carbocycles. The van der Waals surface area contributed by atoms with Crippen molar-refractivity contribution >= 4 is 44.9 Å². The van der Waals surface area contributed by atoms with Gasteiger partial charge >= 0.3 is 0 Å². The van der Waals surface area contributed by atoms with Gasteiger partial charge in [0.15, 0.2) is 0 Å². The summed E-state index contributed by atoms with van der Waals surface area (Å²) in [6.45, 7) is 17.3. The van der Waals surface area contributed by atoms with Crippen molar-refractivity contribution in [3.8, 4) is 45.3 Å². The van der Waals surface area contributed by atoms with Crippen LogP contribution in [-0.4, -0.2) is 0 Å². The third-order valence-corrected chi connectivity index (χ3v) is 11.4. The molecule has 4 nitrogen and oxygen atoms in total. The Kier molecular flexibility index (Phi) is 8.24. The average molecular weight is 755 g/mol. The lowest BCUT2D eigenvalue weighted by Gasteiger charge is -2.31. The van der Waals surface area contributed by atoms with Crippen LogP contribution in [0.2, 0.25) is 0 Å². The third-order valence-electron chi connectivity index (χ3n) is 11.4. The van der Waals surface area contributed by atoms with E-state index in [1.165, 1.54) is 44.5 Å². The molecular weight excluding hydrogens is 709 g/mol. The highest BCUT2D eigenvalue weighted by Crippen LogP contribution is 2.56. The maximum absolute atomic E-state index is 6.87. The summed E-state index contributed by atoms with van der Waals surface area (Å²) >= 11 is 0. The van der Waals surface area contributed by atoms with E-state index in [0.29, 0.717) is 0 Å². The van der Waals surface area contributed by atoms with Crippen LogP contribution in [0.4, 0.5) is 34.1 Å². The number of ether oxygens (including phenoxy) is 2. The smallest absolute Gasteiger partial charge is 0.137 e. The van der Waals surface area contributed by atoms with Crippen LogP contribution in [-0.2, 0) is 0 Å². The van der Waals surface area contributed by atoms with Crippen LogP contribution in [0.1, 0.15) is 44.5 Å². The number of hydrogen-bond donors (Lipinski definition) is 0. The van der Waals surface area contributed by atoms with E-state index in [1.807, 2.05) is 0 Å². The van der Waals surface area contributed by atoms with Gasteiger partial charge in [0.05, 0.1) is 0 Å². The molecule has 0 bridgehead atoms. The van der Waals surface area contributed by atoms with Gasteiger partial charge in [0, 0.05) is 68.2 Å². The Hall–Kier alpha value is -6.78. The second-order valence-electron chi connectivity index (χ2n) is 16.6. The second kappa shape index (κ2) is 13.4. The molecule has 0 radical (unpaired) electrons. The number of anilines is 6. The molecule has 0 unspecified atom stereocenters. The molecule has 4 heteroatoms. The lowest BCUT2D eigenvalue weighted by molar-refractivity contribution is 0.475. The van der Waals surface area contributed by atoms with Gasteiger partial charge < -0.3 is 19.3 Å². The van der Waals surface area contributed by atoms with Gasteiger partial charge in [0.25, 0.3) is 0 Å². The molecule has 58 heavy (non-hydrogen) atoms. The molecule has 2 aliphatic rings. The largest absolute Gasteiger partial charge is 0.456 e. The van der Waals surface area contributed by atoms with E-state index < -0.39 is 0 Å². The first-order chi connectivity index (χ1) is 27.9. The molecule has 0 aliphatic carbocycles. The minimum absolute atomic E-state index is 0.837. The van der Waals surface area contributed by atoms with Gasteiger partial charge in [-0.1, -0.05) is 36.4 Å². The fraction of sp³-hybridized carbons (Fsp3) is 0.148. The van der Waals surface area contributed by atoms with Crippen molar-refractivity contribution in [1.82, 2.24) is 0 Å². The zero-order chi connectivity index (χ0) is 40.0. The summed E-state index contributed by atoms with van der Waals surface area (Å²) in [6.07, 6.45) is 0. The standard InChI is InChI=1S/C54H46N2O2/c1-31-17-32(2)22-41(21-31)55(42-23-33(3)18-34(4)24-42)39-9-11-45-47-13-14-48-46-12-10-40(30-52(46)58-50-16-15-49(53(47)54(48)50)57-51(45)29-39)56(43-25-35(5)19-36(6)26-43)44-27-37(7)20-38(8)28-44/h9-30H,1-8H3. The highest BCUT2D eigenvalue weighted by Gasteiger charge is 2.29. The lowest BCUT2D eigenvalue weighted by atomic mass is 9.88. The molecule has 0 amide bonds. The minimum Gasteiger partial charge on any atom is -0.456 e. The fourth-order valence-corrected chi connectivity index (χ4v) is 9.42. The molecule has 0 spiro atoms. The molecule has 8 aromatic rings. The Morgan fingerprint density at radius 3 is 0.828 bits per heavy atom. The summed E-state index contributed by atoms with van der Waals surface area (Å²) in [4.78, 5) is 4.69. The monoisotopic (exact) mass is 754 g/mol. The third kappa shape index (κ3) is 6.08. The predicted octanol–water partition coefficient (Wildman–Crippen LogP) is 15.8. The van der Waals surface area contributed by atoms with Gasteiger partial charge in [-0.2, -0.15) is 0 Å². The Bertz CT molecular complexity index is 2630. The number of aryl methyl sites for hydroxylation is 8. The molecule has 8 aromatic carbocycles. The number of hydrogen-bond acceptors (Lipinski definition) is 4. The molecule has 0 N–H and O–H groups in total. The number of fused-ring (bicyclic) bond motifs is 4. The van der Waals surface area contributed by atoms with Gasteiger partial charge in [-0.15, -0.1) is 0 Å². The Morgan fingerprint density at radius 2 is 0.534 bits per heavy atom. The van der Waals surface area contributed by atoms with Crippen LogP contribution in [0.3, 0.4) is 0 Å². The summed E-state index contributed by atoms with van der Waals surface area (Å²) in [5.74, 6) is 3.35. The van der Waals surface area contributed by atoms with E-state index in [4.69, 9.17) is 9.47 Å². The first kappa shape index (κ1) is 35.6. The van der Waals surface area contributed by atoms with Crippen LogP contribution < -0.4 is 19.3 Å². The van der Waals surface area contributed by atoms with Gasteiger partial charge in [0.2, 0.25) is 0 Å². The quantitative estimate of drug-likeness (QED) is 0.169. The minimum atomic E-state index is 0.837. The molecule has 2 aliphatic heterocycles. The molecule has 0 atom stereocenters. The van der Waals surface area contributed by atoms with Crippen molar-refractivity contribution in [3.05, 3.63) is 178 Å². The van der Waals surface area contributed by atoms with Crippen LogP contribution in [0.25, 0.3) is 33.0 Å². The van der Waals surface area contributed by atoms with Crippen LogP contribution in [0, 0.1) is 55.4 Å². The highest BCUT2D eigenvalue weighted by molar-refractivity contribution is 6.14. The molecule has 0 aromatic heterocycles. The highest BCUT2D eigenvalue weighted by atomic mass is 16.5. The fourth-order valence-electron chi connectivity index (χ4n) is 9.42. The maximum atomic E-state index is 6.87. The Labute approximate surface area is 341 Å². The topological polar surface area (TPSA) is 24.9 Å². The van der Waals surface area contributed by atoms with Gasteiger partial charge in [-0.25, -0.2) is 0 Å². The van der Waals surface area contributed by atoms with Crippen molar-refractivity contribution in [2.75, 3.05) is 9.80 Å². The summed E-state index contributed by atoms with van der Waals surface area (Å²) in [7, 11) is 0. The van der Waals surface area contributed by atoms with Crippen molar-refractivity contribution in [1.29, 1.82) is 0 Å². The lowest BCUT2D eigenvalue weighted by Crippen LogP contribution is -2.12. The average Bonchev–Trinajstić information content (AvgIpc) is 3.15. The number of rotatable bonds is 6. The van der Waals surface area contributed by atoms with Gasteiger partial charge in [-0.05, 0) is 196 Å². The van der Waals surface area contributed by atoms with Gasteiger partial charge in [-0.3, -0.25) is 0 Å². The van der Waals surface area contributed by atoms with E-state index in [2.05, 4.69) is 199 Å². The van der Waals surface area contributed by atoms with E-state index in [9.17, 15) is 0 Å². The Balaban J connectivity index is 1.08. The molecule has 284 valence electrons. The van der Waals surface area contributed by atoms with Crippen LogP contribution in [0.5, 0.6) is 23.0 Å².